The van der Waals surface area contributed by atoms with Crippen molar-refractivity contribution < 1.29 is 4.79 Å². The molecular weight excluding hydrogens is 248 g/mol. The Balaban J connectivity index is 0.000000199. The zero-order chi connectivity index (χ0) is 13.5. The van der Waals surface area contributed by atoms with Crippen molar-refractivity contribution in [1.82, 2.24) is 9.97 Å². The molecule has 0 fully saturated rings. The smallest absolute Gasteiger partial charge is 0.222 e. The molecule has 5 nitrogen and oxygen atoms in total. The zero-order valence-corrected chi connectivity index (χ0v) is 11.4. The van der Waals surface area contributed by atoms with E-state index in [0.717, 1.165) is 10.4 Å². The second-order valence-corrected chi connectivity index (χ2v) is 4.98. The number of aromatic nitrogens is 2. The van der Waals surface area contributed by atoms with E-state index < -0.39 is 0 Å². The molecule has 6 heteroatoms. The molecule has 0 saturated carbocycles. The van der Waals surface area contributed by atoms with Gasteiger partial charge in [-0.2, -0.15) is 0 Å². The van der Waals surface area contributed by atoms with E-state index in [1.807, 2.05) is 19.9 Å². The van der Waals surface area contributed by atoms with E-state index in [9.17, 15) is 4.79 Å². The number of nitrogens with two attached hydrogens (primary N) is 1. The third-order valence-corrected chi connectivity index (χ3v) is 2.60. The Morgan fingerprint density at radius 2 is 2.00 bits per heavy atom. The predicted octanol–water partition coefficient (Wildman–Crippen LogP) is 2.38. The largest absolute Gasteiger partial charge is 0.375 e. The molecule has 2 aromatic rings. The normalized spacial score (nSPS) is 9.28. The fourth-order valence-electron chi connectivity index (χ4n) is 1.09. The maximum absolute atomic E-state index is 10.5. The van der Waals surface area contributed by atoms with Crippen molar-refractivity contribution in [2.75, 3.05) is 11.1 Å². The lowest BCUT2D eigenvalue weighted by Gasteiger charge is -1.99. The van der Waals surface area contributed by atoms with Gasteiger partial charge in [-0.25, -0.2) is 9.97 Å². The van der Waals surface area contributed by atoms with Gasteiger partial charge < -0.3 is 11.1 Å². The Morgan fingerprint density at radius 3 is 2.33 bits per heavy atom. The highest BCUT2D eigenvalue weighted by Crippen LogP contribution is 2.11. The fourth-order valence-corrected chi connectivity index (χ4v) is 1.63. The number of anilines is 2. The van der Waals surface area contributed by atoms with Crippen LogP contribution in [0.25, 0.3) is 0 Å². The monoisotopic (exact) mass is 264 g/mol. The number of carbonyl (C=O) groups excluding carboxylic acids is 1. The molecule has 2 rings (SSSR count). The minimum atomic E-state index is -0.0960. The van der Waals surface area contributed by atoms with E-state index in [2.05, 4.69) is 15.3 Å². The molecule has 96 valence electrons. The SMILES string of the molecule is CC(=O)Nc1ccc(C)cn1.Cc1cnc(N)s1. The van der Waals surface area contributed by atoms with E-state index in [1.54, 1.807) is 18.5 Å². The van der Waals surface area contributed by atoms with Crippen LogP contribution in [0.4, 0.5) is 10.9 Å². The van der Waals surface area contributed by atoms with E-state index in [1.165, 1.54) is 18.3 Å². The lowest BCUT2D eigenvalue weighted by atomic mass is 10.3. The van der Waals surface area contributed by atoms with Crippen molar-refractivity contribution in [3.8, 4) is 0 Å². The number of nitrogens with zero attached hydrogens (tertiary/aromatic N) is 2. The third kappa shape index (κ3) is 5.40. The van der Waals surface area contributed by atoms with Crippen molar-refractivity contribution >= 4 is 28.2 Å². The first kappa shape index (κ1) is 14.1. The lowest BCUT2D eigenvalue weighted by Crippen LogP contribution is -2.06. The van der Waals surface area contributed by atoms with E-state index in [4.69, 9.17) is 5.73 Å². The van der Waals surface area contributed by atoms with Gasteiger partial charge in [0, 0.05) is 24.2 Å². The number of rotatable bonds is 1. The van der Waals surface area contributed by atoms with Gasteiger partial charge in [0.25, 0.3) is 0 Å². The molecule has 0 saturated heterocycles. The maximum atomic E-state index is 10.5. The minimum Gasteiger partial charge on any atom is -0.375 e. The number of thiazole rings is 1. The number of pyridine rings is 1. The first-order valence-corrected chi connectivity index (χ1v) is 6.17. The van der Waals surface area contributed by atoms with Crippen LogP contribution in [0.15, 0.2) is 24.5 Å². The number of carbonyl (C=O) groups is 1. The molecule has 18 heavy (non-hydrogen) atoms. The molecule has 0 aliphatic carbocycles. The standard InChI is InChI=1S/C8H10N2O.C4H6N2S/c1-6-3-4-8(9-5-6)10-7(2)11;1-3-2-6-4(5)7-3/h3-5H,1-2H3,(H,9,10,11);2H,1H3,(H2,5,6). The van der Waals surface area contributed by atoms with Crippen LogP contribution in [0.1, 0.15) is 17.4 Å². The summed E-state index contributed by atoms with van der Waals surface area (Å²) in [4.78, 5) is 19.5. The molecule has 3 N–H and O–H groups in total. The van der Waals surface area contributed by atoms with Crippen molar-refractivity contribution in [3.05, 3.63) is 35.0 Å². The third-order valence-electron chi connectivity index (χ3n) is 1.85. The highest BCUT2D eigenvalue weighted by Gasteiger charge is 1.93. The summed E-state index contributed by atoms with van der Waals surface area (Å²) >= 11 is 1.51. The summed E-state index contributed by atoms with van der Waals surface area (Å²) < 4.78 is 0. The van der Waals surface area contributed by atoms with E-state index in [0.29, 0.717) is 10.9 Å². The van der Waals surface area contributed by atoms with E-state index in [-0.39, 0.29) is 5.91 Å². The number of hydrogen-bond acceptors (Lipinski definition) is 5. The van der Waals surface area contributed by atoms with Gasteiger partial charge in [-0.05, 0) is 25.5 Å². The quantitative estimate of drug-likeness (QED) is 0.828. The average Bonchev–Trinajstić information content (AvgIpc) is 2.66. The predicted molar refractivity (Wildman–Crippen MR) is 74.5 cm³/mol. The van der Waals surface area contributed by atoms with Gasteiger partial charge in [0.15, 0.2) is 5.13 Å². The van der Waals surface area contributed by atoms with Gasteiger partial charge >= 0.3 is 0 Å². The van der Waals surface area contributed by atoms with Gasteiger partial charge in [-0.3, -0.25) is 4.79 Å². The molecule has 0 atom stereocenters. The van der Waals surface area contributed by atoms with Gasteiger partial charge in [0.1, 0.15) is 5.82 Å². The molecule has 1 amide bonds. The summed E-state index contributed by atoms with van der Waals surface area (Å²) in [6.45, 7) is 5.39. The number of nitrogen functional groups attached to an aromatic ring is 1. The average molecular weight is 264 g/mol. The van der Waals surface area contributed by atoms with Crippen molar-refractivity contribution in [2.45, 2.75) is 20.8 Å². The Kier molecular flexibility index (Phi) is 5.26. The van der Waals surface area contributed by atoms with Crippen LogP contribution in [-0.4, -0.2) is 15.9 Å². The molecule has 0 aromatic carbocycles. The summed E-state index contributed by atoms with van der Waals surface area (Å²) in [7, 11) is 0. The Bertz CT molecular complexity index is 491. The molecule has 0 radical (unpaired) electrons. The summed E-state index contributed by atoms with van der Waals surface area (Å²) in [5.41, 5.74) is 6.37. The Hall–Kier alpha value is -1.95. The summed E-state index contributed by atoms with van der Waals surface area (Å²) in [6, 6.07) is 3.68. The molecule has 0 aliphatic rings. The highest BCUT2D eigenvalue weighted by molar-refractivity contribution is 7.15. The van der Waals surface area contributed by atoms with Crippen LogP contribution in [0.3, 0.4) is 0 Å². The molecule has 0 unspecified atom stereocenters. The summed E-state index contributed by atoms with van der Waals surface area (Å²) in [5.74, 6) is 0.504. The van der Waals surface area contributed by atoms with Crippen LogP contribution in [0.2, 0.25) is 0 Å². The van der Waals surface area contributed by atoms with Gasteiger partial charge in [0.2, 0.25) is 5.91 Å². The molecule has 0 spiro atoms. The topological polar surface area (TPSA) is 80.9 Å². The second kappa shape index (κ2) is 6.70. The van der Waals surface area contributed by atoms with E-state index >= 15 is 0 Å². The van der Waals surface area contributed by atoms with Crippen molar-refractivity contribution in [1.29, 1.82) is 0 Å². The number of hydrogen-bond donors (Lipinski definition) is 2. The van der Waals surface area contributed by atoms with Crippen LogP contribution >= 0.6 is 11.3 Å². The molecule has 2 heterocycles. The van der Waals surface area contributed by atoms with Gasteiger partial charge in [-0.15, -0.1) is 11.3 Å². The molecule has 2 aromatic heterocycles. The van der Waals surface area contributed by atoms with Gasteiger partial charge in [-0.1, -0.05) is 6.07 Å². The maximum Gasteiger partial charge on any atom is 0.222 e. The summed E-state index contributed by atoms with van der Waals surface area (Å²) in [6.07, 6.45) is 3.48. The summed E-state index contributed by atoms with van der Waals surface area (Å²) in [5, 5.41) is 3.23. The minimum absolute atomic E-state index is 0.0960. The van der Waals surface area contributed by atoms with Crippen LogP contribution < -0.4 is 11.1 Å². The molecule has 0 aliphatic heterocycles. The first-order chi connectivity index (χ1) is 8.47. The number of aryl methyl sites for hydroxylation is 2. The van der Waals surface area contributed by atoms with Gasteiger partial charge in [0.05, 0.1) is 0 Å². The molecule has 0 bridgehead atoms. The second-order valence-electron chi connectivity index (χ2n) is 3.71. The zero-order valence-electron chi connectivity index (χ0n) is 10.6. The van der Waals surface area contributed by atoms with Crippen molar-refractivity contribution in [2.24, 2.45) is 0 Å². The van der Waals surface area contributed by atoms with Crippen molar-refractivity contribution in [3.63, 3.8) is 0 Å². The Labute approximate surface area is 110 Å². The lowest BCUT2D eigenvalue weighted by molar-refractivity contribution is -0.114. The fraction of sp³-hybridized carbons (Fsp3) is 0.250. The number of nitrogens with one attached hydrogen (secondary N) is 1. The number of amides is 1. The molecular formula is C12H16N4OS. The first-order valence-electron chi connectivity index (χ1n) is 5.35. The van der Waals surface area contributed by atoms with Crippen LogP contribution in [0, 0.1) is 13.8 Å². The van der Waals surface area contributed by atoms with Crippen LogP contribution in [0.5, 0.6) is 0 Å². The van der Waals surface area contributed by atoms with Crippen LogP contribution in [-0.2, 0) is 4.79 Å². The Morgan fingerprint density at radius 1 is 1.28 bits per heavy atom. The highest BCUT2D eigenvalue weighted by atomic mass is 32.1.